The zero-order chi connectivity index (χ0) is 28.4. The lowest BCUT2D eigenvalue weighted by Gasteiger charge is -2.13. The monoisotopic (exact) mass is 548 g/mol. The molecule has 0 atom stereocenters. The van der Waals surface area contributed by atoms with Crippen molar-refractivity contribution in [2.24, 2.45) is 7.05 Å². The van der Waals surface area contributed by atoms with Gasteiger partial charge in [0.2, 0.25) is 5.95 Å². The lowest BCUT2D eigenvalue weighted by atomic mass is 10.0. The number of alkyl halides is 3. The fourth-order valence-corrected chi connectivity index (χ4v) is 4.17. The van der Waals surface area contributed by atoms with E-state index in [1.54, 1.807) is 54.1 Å². The van der Waals surface area contributed by atoms with Crippen LogP contribution in [0.25, 0.3) is 22.2 Å². The number of ether oxygens (including phenoxy) is 2. The minimum atomic E-state index is -4.54. The van der Waals surface area contributed by atoms with Crippen LogP contribution in [-0.4, -0.2) is 39.6 Å². The number of carbonyl (C=O) groups is 1. The van der Waals surface area contributed by atoms with Gasteiger partial charge in [0.15, 0.2) is 11.5 Å². The number of rotatable bonds is 7. The molecule has 0 bridgehead atoms. The maximum Gasteiger partial charge on any atom is 0.418 e. The number of imidazole rings is 1. The molecule has 5 aromatic rings. The van der Waals surface area contributed by atoms with E-state index in [1.807, 2.05) is 0 Å². The van der Waals surface area contributed by atoms with Gasteiger partial charge in [-0.1, -0.05) is 12.1 Å². The first-order valence-electron chi connectivity index (χ1n) is 12.0. The summed E-state index contributed by atoms with van der Waals surface area (Å²) in [7, 11) is 4.81. The minimum Gasteiger partial charge on any atom is -0.493 e. The molecule has 0 aliphatic rings. The van der Waals surface area contributed by atoms with E-state index in [4.69, 9.17) is 9.47 Å². The van der Waals surface area contributed by atoms with E-state index < -0.39 is 11.7 Å². The lowest BCUT2D eigenvalue weighted by Crippen LogP contribution is -2.18. The highest BCUT2D eigenvalue weighted by Gasteiger charge is 2.34. The molecule has 1 amide bonds. The van der Waals surface area contributed by atoms with E-state index in [-0.39, 0.29) is 17.2 Å². The van der Waals surface area contributed by atoms with Gasteiger partial charge >= 0.3 is 6.18 Å². The van der Waals surface area contributed by atoms with Crippen LogP contribution in [-0.2, 0) is 13.2 Å². The van der Waals surface area contributed by atoms with Crippen molar-refractivity contribution in [1.82, 2.24) is 24.8 Å². The van der Waals surface area contributed by atoms with Crippen molar-refractivity contribution in [3.8, 4) is 28.4 Å². The van der Waals surface area contributed by atoms with E-state index in [0.29, 0.717) is 40.0 Å². The van der Waals surface area contributed by atoms with Crippen LogP contribution < -0.4 is 20.1 Å². The number of hydrogen-bond acceptors (Lipinski definition) is 7. The normalized spacial score (nSPS) is 11.3. The number of fused-ring (bicyclic) bond motifs is 1. The number of halogens is 3. The zero-order valence-electron chi connectivity index (χ0n) is 21.6. The molecule has 0 aliphatic carbocycles. The smallest absolute Gasteiger partial charge is 0.418 e. The molecule has 0 saturated heterocycles. The molecule has 204 valence electrons. The summed E-state index contributed by atoms with van der Waals surface area (Å²) in [5.41, 5.74) is 1.63. The van der Waals surface area contributed by atoms with Crippen LogP contribution in [0.15, 0.2) is 73.2 Å². The molecule has 3 aromatic heterocycles. The number of aromatic nitrogens is 4. The van der Waals surface area contributed by atoms with Crippen molar-refractivity contribution in [2.45, 2.75) is 6.18 Å². The summed E-state index contributed by atoms with van der Waals surface area (Å²) in [6.07, 6.45) is -0.928. The first kappa shape index (κ1) is 26.5. The lowest BCUT2D eigenvalue weighted by molar-refractivity contribution is -0.137. The highest BCUT2D eigenvalue weighted by Crippen LogP contribution is 2.38. The topological polar surface area (TPSA) is 103 Å². The van der Waals surface area contributed by atoms with Crippen LogP contribution in [0.5, 0.6) is 17.2 Å². The van der Waals surface area contributed by atoms with E-state index in [2.05, 4.69) is 25.6 Å². The Morgan fingerprint density at radius 1 is 1.02 bits per heavy atom. The molecule has 40 heavy (non-hydrogen) atoms. The van der Waals surface area contributed by atoms with Crippen molar-refractivity contribution in [3.63, 3.8) is 0 Å². The van der Waals surface area contributed by atoms with Crippen LogP contribution in [0.3, 0.4) is 0 Å². The first-order valence-corrected chi connectivity index (χ1v) is 12.0. The molecule has 5 rings (SSSR count). The summed E-state index contributed by atoms with van der Waals surface area (Å²) in [4.78, 5) is 24.3. The number of anilines is 2. The van der Waals surface area contributed by atoms with Crippen LogP contribution in [0.1, 0.15) is 16.1 Å². The van der Waals surface area contributed by atoms with Gasteiger partial charge in [0.05, 0.1) is 23.7 Å². The van der Waals surface area contributed by atoms with Gasteiger partial charge in [-0.05, 0) is 35.4 Å². The summed E-state index contributed by atoms with van der Waals surface area (Å²) in [6.45, 7) is 0. The van der Waals surface area contributed by atoms with Gasteiger partial charge in [-0.2, -0.15) is 13.2 Å². The third-order valence-electron chi connectivity index (χ3n) is 6.14. The third kappa shape index (κ3) is 5.23. The van der Waals surface area contributed by atoms with E-state index in [9.17, 15) is 18.0 Å². The third-order valence-corrected chi connectivity index (χ3v) is 6.14. The van der Waals surface area contributed by atoms with Crippen molar-refractivity contribution < 1.29 is 27.4 Å². The summed E-state index contributed by atoms with van der Waals surface area (Å²) in [5, 5.41) is 5.70. The number of nitrogens with zero attached hydrogens (tertiary/aromatic N) is 4. The van der Waals surface area contributed by atoms with E-state index in [1.165, 1.54) is 38.7 Å². The van der Waals surface area contributed by atoms with Gasteiger partial charge in [-0.25, -0.2) is 4.98 Å². The second kappa shape index (κ2) is 10.6. The Labute approximate surface area is 226 Å². The fraction of sp³-hybridized carbons (Fsp3) is 0.143. The Hall–Kier alpha value is -5.13. The molecule has 2 N–H and O–H groups in total. The molecule has 3 heterocycles. The highest BCUT2D eigenvalue weighted by atomic mass is 19.4. The second-order valence-corrected chi connectivity index (χ2v) is 8.67. The highest BCUT2D eigenvalue weighted by molar-refractivity contribution is 5.92. The Bertz CT molecular complexity index is 1720. The number of methoxy groups -OCH3 is 1. The predicted octanol–water partition coefficient (Wildman–Crippen LogP) is 5.95. The Kier molecular flexibility index (Phi) is 6.99. The number of carbonyl (C=O) groups excluding carboxylic acids is 1. The number of amides is 1. The summed E-state index contributed by atoms with van der Waals surface area (Å²) >= 11 is 0. The Balaban J connectivity index is 1.47. The Morgan fingerprint density at radius 2 is 1.85 bits per heavy atom. The average molecular weight is 549 g/mol. The molecule has 0 radical (unpaired) electrons. The molecule has 0 fully saturated rings. The van der Waals surface area contributed by atoms with Crippen molar-refractivity contribution >= 4 is 28.6 Å². The minimum absolute atomic E-state index is 0.0263. The number of aryl methyl sites for hydroxylation is 1. The van der Waals surface area contributed by atoms with Crippen LogP contribution >= 0.6 is 0 Å². The first-order chi connectivity index (χ1) is 19.2. The zero-order valence-corrected chi connectivity index (χ0v) is 21.6. The maximum atomic E-state index is 13.5. The van der Waals surface area contributed by atoms with Gasteiger partial charge in [0.25, 0.3) is 5.91 Å². The molecule has 0 aliphatic heterocycles. The number of hydrogen-bond donors (Lipinski definition) is 2. The molecule has 0 unspecified atom stereocenters. The molecule has 0 spiro atoms. The van der Waals surface area contributed by atoms with Crippen LogP contribution in [0.4, 0.5) is 24.8 Å². The number of nitrogens with one attached hydrogen (secondary N) is 2. The molecular formula is C28H23F3N6O3. The standard InChI is InChI=1S/C28H23F3N6O3/c1-32-26(38)22-12-18(7-10-34-22)40-25-13-21-23(14-24(25)39-3)37(2)27(36-21)35-17-6-4-5-16(11-17)19-8-9-33-15-20(19)28(29,30)31/h4-15H,1-3H3,(H,32,38)(H,35,36). The summed E-state index contributed by atoms with van der Waals surface area (Å²) in [6, 6.07) is 14.5. The second-order valence-electron chi connectivity index (χ2n) is 8.67. The molecule has 2 aromatic carbocycles. The van der Waals surface area contributed by atoms with E-state index in [0.717, 1.165) is 11.7 Å². The summed E-state index contributed by atoms with van der Waals surface area (Å²) in [5.74, 6) is 1.28. The molecule has 0 saturated carbocycles. The number of pyridine rings is 2. The quantitative estimate of drug-likeness (QED) is 0.259. The van der Waals surface area contributed by atoms with Gasteiger partial charge < -0.3 is 24.7 Å². The predicted molar refractivity (Wildman–Crippen MR) is 143 cm³/mol. The van der Waals surface area contributed by atoms with Gasteiger partial charge in [0.1, 0.15) is 11.4 Å². The van der Waals surface area contributed by atoms with Crippen LogP contribution in [0, 0.1) is 0 Å². The summed E-state index contributed by atoms with van der Waals surface area (Å²) < 4.78 is 54.0. The SMILES string of the molecule is CNC(=O)c1cc(Oc2cc3nc(Nc4cccc(-c5ccncc5C(F)(F)F)c4)n(C)c3cc2OC)ccn1. The fourth-order valence-electron chi connectivity index (χ4n) is 4.17. The van der Waals surface area contributed by atoms with E-state index >= 15 is 0 Å². The van der Waals surface area contributed by atoms with Crippen molar-refractivity contribution in [2.75, 3.05) is 19.5 Å². The van der Waals surface area contributed by atoms with Gasteiger partial charge in [-0.15, -0.1) is 0 Å². The molecule has 9 nitrogen and oxygen atoms in total. The average Bonchev–Trinajstić information content (AvgIpc) is 3.25. The van der Waals surface area contributed by atoms with Crippen molar-refractivity contribution in [3.05, 3.63) is 84.4 Å². The molecule has 12 heteroatoms. The maximum absolute atomic E-state index is 13.5. The van der Waals surface area contributed by atoms with Gasteiger partial charge in [0, 0.05) is 56.6 Å². The largest absolute Gasteiger partial charge is 0.493 e. The number of benzene rings is 2. The molecular weight excluding hydrogens is 525 g/mol. The van der Waals surface area contributed by atoms with Crippen molar-refractivity contribution in [1.29, 1.82) is 0 Å². The van der Waals surface area contributed by atoms with Crippen LogP contribution in [0.2, 0.25) is 0 Å². The van der Waals surface area contributed by atoms with Gasteiger partial charge in [-0.3, -0.25) is 14.8 Å². The Morgan fingerprint density at radius 3 is 2.60 bits per heavy atom.